The van der Waals surface area contributed by atoms with Gasteiger partial charge < -0.3 is 0 Å². The summed E-state index contributed by atoms with van der Waals surface area (Å²) in [4.78, 5) is 0. The number of hydrogen-bond acceptors (Lipinski definition) is 0. The van der Waals surface area contributed by atoms with Crippen LogP contribution in [0.5, 0.6) is 0 Å². The van der Waals surface area contributed by atoms with Crippen LogP contribution in [0.15, 0.2) is 60.7 Å². The third kappa shape index (κ3) is 2.45. The van der Waals surface area contributed by atoms with Gasteiger partial charge >= 0.3 is 0 Å². The summed E-state index contributed by atoms with van der Waals surface area (Å²) in [5, 5.41) is 5.51. The van der Waals surface area contributed by atoms with Gasteiger partial charge in [0, 0.05) is 5.41 Å². The van der Waals surface area contributed by atoms with Crippen LogP contribution >= 0.6 is 0 Å². The van der Waals surface area contributed by atoms with Crippen molar-refractivity contribution in [3.63, 3.8) is 0 Å². The van der Waals surface area contributed by atoms with E-state index < -0.39 is 0 Å². The molecule has 0 nitrogen and oxygen atoms in total. The molecule has 0 amide bonds. The van der Waals surface area contributed by atoms with E-state index in [1.807, 2.05) is 0 Å². The maximum absolute atomic E-state index is 2.39. The SMILES string of the molecule is CC1=C(c2c3ccc(C)cc3c(C)c3ccc(C)cc23)C(C)(C)c2ccccc21. The fraction of sp³-hybridized carbons (Fsp3) is 0.241. The van der Waals surface area contributed by atoms with Gasteiger partial charge in [-0.2, -0.15) is 0 Å². The van der Waals surface area contributed by atoms with Gasteiger partial charge in [0.2, 0.25) is 0 Å². The Balaban J connectivity index is 2.01. The van der Waals surface area contributed by atoms with Crippen molar-refractivity contribution in [2.24, 2.45) is 0 Å². The Labute approximate surface area is 173 Å². The predicted octanol–water partition coefficient (Wildman–Crippen LogP) is 8.14. The van der Waals surface area contributed by atoms with E-state index in [4.69, 9.17) is 0 Å². The molecule has 0 aliphatic heterocycles. The van der Waals surface area contributed by atoms with Crippen LogP contribution in [0.2, 0.25) is 0 Å². The second-order valence-electron chi connectivity index (χ2n) is 9.27. The van der Waals surface area contributed by atoms with Gasteiger partial charge in [-0.25, -0.2) is 0 Å². The smallest absolute Gasteiger partial charge is 0.0161 e. The Kier molecular flexibility index (Phi) is 3.80. The van der Waals surface area contributed by atoms with E-state index in [-0.39, 0.29) is 5.41 Å². The number of hydrogen-bond donors (Lipinski definition) is 0. The second-order valence-corrected chi connectivity index (χ2v) is 9.27. The minimum atomic E-state index is -0.0234. The number of rotatable bonds is 1. The maximum Gasteiger partial charge on any atom is 0.0161 e. The molecule has 0 saturated carbocycles. The average molecular weight is 377 g/mol. The first-order chi connectivity index (χ1) is 13.8. The molecular weight excluding hydrogens is 348 g/mol. The zero-order chi connectivity index (χ0) is 20.5. The van der Waals surface area contributed by atoms with E-state index in [9.17, 15) is 0 Å². The summed E-state index contributed by atoms with van der Waals surface area (Å²) in [6, 6.07) is 22.8. The molecule has 0 bridgehead atoms. The van der Waals surface area contributed by atoms with E-state index >= 15 is 0 Å². The summed E-state index contributed by atoms with van der Waals surface area (Å²) in [6.07, 6.45) is 0. The summed E-state index contributed by atoms with van der Waals surface area (Å²) in [5.74, 6) is 0. The zero-order valence-corrected chi connectivity index (χ0v) is 18.3. The van der Waals surface area contributed by atoms with Crippen LogP contribution in [0.3, 0.4) is 0 Å². The number of benzene rings is 4. The lowest BCUT2D eigenvalue weighted by molar-refractivity contribution is 0.705. The van der Waals surface area contributed by atoms with Gasteiger partial charge in [-0.1, -0.05) is 85.6 Å². The Bertz CT molecular complexity index is 1350. The van der Waals surface area contributed by atoms with E-state index in [1.54, 1.807) is 0 Å². The highest BCUT2D eigenvalue weighted by Gasteiger charge is 2.38. The van der Waals surface area contributed by atoms with Crippen LogP contribution in [0.1, 0.15) is 54.2 Å². The summed E-state index contributed by atoms with van der Waals surface area (Å²) in [5.41, 5.74) is 11.1. The Morgan fingerprint density at radius 3 is 1.93 bits per heavy atom. The molecule has 0 heterocycles. The van der Waals surface area contributed by atoms with Gasteiger partial charge in [0.25, 0.3) is 0 Å². The van der Waals surface area contributed by atoms with Crippen LogP contribution in [0.25, 0.3) is 32.7 Å². The van der Waals surface area contributed by atoms with Crippen molar-refractivity contribution in [2.75, 3.05) is 0 Å². The van der Waals surface area contributed by atoms with Crippen molar-refractivity contribution in [2.45, 2.75) is 47.0 Å². The summed E-state index contributed by atoms with van der Waals surface area (Å²) in [6.45, 7) is 13.8. The van der Waals surface area contributed by atoms with Crippen molar-refractivity contribution in [1.82, 2.24) is 0 Å². The van der Waals surface area contributed by atoms with Crippen LogP contribution in [0, 0.1) is 20.8 Å². The third-order valence-corrected chi connectivity index (χ3v) is 6.95. The molecule has 0 unspecified atom stereocenters. The van der Waals surface area contributed by atoms with Gasteiger partial charge in [0.15, 0.2) is 0 Å². The summed E-state index contributed by atoms with van der Waals surface area (Å²) >= 11 is 0. The molecule has 1 aliphatic rings. The van der Waals surface area contributed by atoms with Crippen LogP contribution in [0.4, 0.5) is 0 Å². The molecule has 1 aliphatic carbocycles. The summed E-state index contributed by atoms with van der Waals surface area (Å²) in [7, 11) is 0. The van der Waals surface area contributed by atoms with Gasteiger partial charge in [0.05, 0.1) is 0 Å². The van der Waals surface area contributed by atoms with Gasteiger partial charge in [0.1, 0.15) is 0 Å². The Morgan fingerprint density at radius 2 is 1.24 bits per heavy atom. The fourth-order valence-electron chi connectivity index (χ4n) is 5.53. The molecule has 4 aromatic rings. The molecule has 0 heteroatoms. The van der Waals surface area contributed by atoms with Gasteiger partial charge in [-0.15, -0.1) is 0 Å². The van der Waals surface area contributed by atoms with Crippen LogP contribution in [-0.2, 0) is 5.41 Å². The van der Waals surface area contributed by atoms with Gasteiger partial charge in [-0.05, 0) is 82.6 Å². The molecule has 0 aromatic heterocycles. The average Bonchev–Trinajstić information content (AvgIpc) is 2.89. The highest BCUT2D eigenvalue weighted by molar-refractivity contribution is 6.17. The molecule has 0 spiro atoms. The van der Waals surface area contributed by atoms with E-state index in [1.165, 1.54) is 66.1 Å². The number of fused-ring (bicyclic) bond motifs is 3. The van der Waals surface area contributed by atoms with Crippen molar-refractivity contribution < 1.29 is 0 Å². The highest BCUT2D eigenvalue weighted by atomic mass is 14.4. The first-order valence-corrected chi connectivity index (χ1v) is 10.6. The molecule has 0 atom stereocenters. The minimum Gasteiger partial charge on any atom is -0.0619 e. The van der Waals surface area contributed by atoms with Crippen LogP contribution < -0.4 is 0 Å². The van der Waals surface area contributed by atoms with Crippen molar-refractivity contribution >= 4 is 32.7 Å². The number of aryl methyl sites for hydroxylation is 3. The fourth-order valence-corrected chi connectivity index (χ4v) is 5.53. The molecule has 0 fully saturated rings. The standard InChI is InChI=1S/C29H28/c1-17-12-14-23-24(15-17)19(3)21-13-11-18(2)16-25(21)27(23)28-20(4)22-9-7-8-10-26(22)29(28,5)6/h7-16H,1-6H3. The monoisotopic (exact) mass is 376 g/mol. The quantitative estimate of drug-likeness (QED) is 0.294. The Hall–Kier alpha value is -2.86. The lowest BCUT2D eigenvalue weighted by atomic mass is 9.75. The molecule has 29 heavy (non-hydrogen) atoms. The molecule has 0 saturated heterocycles. The zero-order valence-electron chi connectivity index (χ0n) is 18.3. The normalized spacial score (nSPS) is 15.4. The van der Waals surface area contributed by atoms with E-state index in [0.29, 0.717) is 0 Å². The van der Waals surface area contributed by atoms with Crippen molar-refractivity contribution in [3.8, 4) is 0 Å². The topological polar surface area (TPSA) is 0 Å². The van der Waals surface area contributed by atoms with E-state index in [0.717, 1.165) is 0 Å². The first kappa shape index (κ1) is 18.2. The maximum atomic E-state index is 2.39. The van der Waals surface area contributed by atoms with Crippen molar-refractivity contribution in [3.05, 3.63) is 94.0 Å². The van der Waals surface area contributed by atoms with Gasteiger partial charge in [-0.3, -0.25) is 0 Å². The second kappa shape index (κ2) is 6.07. The lowest BCUT2D eigenvalue weighted by Crippen LogP contribution is -2.17. The van der Waals surface area contributed by atoms with Crippen LogP contribution in [-0.4, -0.2) is 0 Å². The molecule has 144 valence electrons. The lowest BCUT2D eigenvalue weighted by Gasteiger charge is -2.28. The molecular formula is C29H28. The summed E-state index contributed by atoms with van der Waals surface area (Å²) < 4.78 is 0. The predicted molar refractivity (Wildman–Crippen MR) is 128 cm³/mol. The molecule has 0 radical (unpaired) electrons. The minimum absolute atomic E-state index is 0.0234. The first-order valence-electron chi connectivity index (χ1n) is 10.6. The van der Waals surface area contributed by atoms with E-state index in [2.05, 4.69) is 102 Å². The molecule has 5 rings (SSSR count). The molecule has 4 aromatic carbocycles. The largest absolute Gasteiger partial charge is 0.0619 e. The Morgan fingerprint density at radius 1 is 0.621 bits per heavy atom. The number of allylic oxidation sites excluding steroid dienone is 2. The molecule has 0 N–H and O–H groups in total. The highest BCUT2D eigenvalue weighted by Crippen LogP contribution is 2.53. The third-order valence-electron chi connectivity index (χ3n) is 6.95. The van der Waals surface area contributed by atoms with Crippen molar-refractivity contribution in [1.29, 1.82) is 0 Å².